The highest BCUT2D eigenvalue weighted by Crippen LogP contribution is 2.24. The fourth-order valence-corrected chi connectivity index (χ4v) is 2.00. The molecule has 0 fully saturated rings. The van der Waals surface area contributed by atoms with Crippen LogP contribution in [0, 0.1) is 6.92 Å². The lowest BCUT2D eigenvalue weighted by Gasteiger charge is -2.14. The Balaban J connectivity index is 2.21. The molecule has 0 radical (unpaired) electrons. The molecule has 94 valence electrons. The van der Waals surface area contributed by atoms with Gasteiger partial charge in [-0.25, -0.2) is 0 Å². The van der Waals surface area contributed by atoms with Crippen molar-refractivity contribution in [2.75, 3.05) is 7.11 Å². The Morgan fingerprint density at radius 3 is 2.78 bits per heavy atom. The second kappa shape index (κ2) is 5.65. The predicted molar refractivity (Wildman–Crippen MR) is 72.6 cm³/mol. The molecule has 1 aromatic heterocycles. The summed E-state index contributed by atoms with van der Waals surface area (Å²) in [5.41, 5.74) is 9.41. The van der Waals surface area contributed by atoms with E-state index in [0.29, 0.717) is 0 Å². The zero-order valence-corrected chi connectivity index (χ0v) is 10.8. The summed E-state index contributed by atoms with van der Waals surface area (Å²) in [5, 5.41) is 0. The summed E-state index contributed by atoms with van der Waals surface area (Å²) in [6, 6.07) is 11.8. The molecular weight excluding hydrogens is 224 g/mol. The molecule has 18 heavy (non-hydrogen) atoms. The number of ether oxygens (including phenoxy) is 1. The number of hydrogen-bond donors (Lipinski definition) is 1. The van der Waals surface area contributed by atoms with E-state index in [1.807, 2.05) is 30.3 Å². The summed E-state index contributed by atoms with van der Waals surface area (Å²) in [5.74, 6) is 0.881. The number of methoxy groups -OCH3 is 1. The van der Waals surface area contributed by atoms with Crippen LogP contribution in [0.25, 0.3) is 0 Å². The number of rotatable bonds is 4. The Kier molecular flexibility index (Phi) is 3.95. The zero-order valence-electron chi connectivity index (χ0n) is 10.8. The molecule has 1 aromatic carbocycles. The number of aryl methyl sites for hydroxylation is 1. The number of nitrogens with zero attached hydrogens (tertiary/aromatic N) is 1. The van der Waals surface area contributed by atoms with Gasteiger partial charge in [0, 0.05) is 6.20 Å². The summed E-state index contributed by atoms with van der Waals surface area (Å²) in [4.78, 5) is 4.29. The fraction of sp³-hybridized carbons (Fsp3) is 0.267. The Bertz CT molecular complexity index is 511. The molecule has 0 saturated heterocycles. The first-order valence-electron chi connectivity index (χ1n) is 6.00. The van der Waals surface area contributed by atoms with Crippen molar-refractivity contribution in [3.8, 4) is 5.75 Å². The van der Waals surface area contributed by atoms with Crippen LogP contribution in [0.5, 0.6) is 5.75 Å². The molecule has 1 unspecified atom stereocenters. The first kappa shape index (κ1) is 12.6. The van der Waals surface area contributed by atoms with Crippen molar-refractivity contribution in [2.24, 2.45) is 5.73 Å². The first-order valence-corrected chi connectivity index (χ1v) is 6.00. The van der Waals surface area contributed by atoms with Crippen molar-refractivity contribution < 1.29 is 4.74 Å². The van der Waals surface area contributed by atoms with Gasteiger partial charge in [0.25, 0.3) is 0 Å². The highest BCUT2D eigenvalue weighted by atomic mass is 16.5. The molecule has 3 nitrogen and oxygen atoms in total. The topological polar surface area (TPSA) is 48.1 Å². The van der Waals surface area contributed by atoms with Crippen LogP contribution in [-0.4, -0.2) is 12.1 Å². The average Bonchev–Trinajstić information content (AvgIpc) is 2.40. The minimum atomic E-state index is -0.109. The van der Waals surface area contributed by atoms with Crippen LogP contribution in [0.1, 0.15) is 22.9 Å². The van der Waals surface area contributed by atoms with Gasteiger partial charge in [0.2, 0.25) is 0 Å². The Morgan fingerprint density at radius 2 is 2.11 bits per heavy atom. The van der Waals surface area contributed by atoms with Gasteiger partial charge < -0.3 is 10.5 Å². The molecule has 1 heterocycles. The molecule has 0 saturated carbocycles. The molecule has 0 aliphatic rings. The van der Waals surface area contributed by atoms with Crippen LogP contribution in [-0.2, 0) is 6.42 Å². The van der Waals surface area contributed by atoms with Crippen molar-refractivity contribution in [1.82, 2.24) is 4.98 Å². The highest BCUT2D eigenvalue weighted by molar-refractivity contribution is 5.37. The van der Waals surface area contributed by atoms with Gasteiger partial charge in [-0.05, 0) is 37.1 Å². The van der Waals surface area contributed by atoms with E-state index >= 15 is 0 Å². The Morgan fingerprint density at radius 1 is 1.28 bits per heavy atom. The molecule has 2 rings (SSSR count). The minimum absolute atomic E-state index is 0.109. The predicted octanol–water partition coefficient (Wildman–Crippen LogP) is 2.64. The van der Waals surface area contributed by atoms with E-state index in [-0.39, 0.29) is 6.04 Å². The van der Waals surface area contributed by atoms with Crippen LogP contribution in [0.2, 0.25) is 0 Å². The van der Waals surface area contributed by atoms with E-state index in [4.69, 9.17) is 10.5 Å². The van der Waals surface area contributed by atoms with Crippen molar-refractivity contribution in [1.29, 1.82) is 0 Å². The molecule has 0 amide bonds. The van der Waals surface area contributed by atoms with Crippen molar-refractivity contribution in [3.05, 3.63) is 59.4 Å². The maximum atomic E-state index is 6.18. The largest absolute Gasteiger partial charge is 0.496 e. The third-order valence-electron chi connectivity index (χ3n) is 2.94. The van der Waals surface area contributed by atoms with E-state index in [1.54, 1.807) is 13.3 Å². The van der Waals surface area contributed by atoms with E-state index < -0.39 is 0 Å². The van der Waals surface area contributed by atoms with Crippen LogP contribution < -0.4 is 10.5 Å². The van der Waals surface area contributed by atoms with Gasteiger partial charge in [0.15, 0.2) is 0 Å². The monoisotopic (exact) mass is 242 g/mol. The van der Waals surface area contributed by atoms with Crippen molar-refractivity contribution >= 4 is 0 Å². The number of pyridine rings is 1. The van der Waals surface area contributed by atoms with Crippen LogP contribution in [0.3, 0.4) is 0 Å². The minimum Gasteiger partial charge on any atom is -0.496 e. The second-order valence-electron chi connectivity index (χ2n) is 4.38. The summed E-state index contributed by atoms with van der Waals surface area (Å²) in [6.07, 6.45) is 2.49. The molecule has 2 aromatic rings. The standard InChI is InChI=1S/C15H18N2O/c1-11-6-7-15(18-2)12(9-11)10-13(16)14-5-3-4-8-17-14/h3-9,13H,10,16H2,1-2H3. The second-order valence-corrected chi connectivity index (χ2v) is 4.38. The summed E-state index contributed by atoms with van der Waals surface area (Å²) >= 11 is 0. The lowest BCUT2D eigenvalue weighted by atomic mass is 10.0. The van der Waals surface area contributed by atoms with E-state index in [0.717, 1.165) is 23.4 Å². The smallest absolute Gasteiger partial charge is 0.122 e. The fourth-order valence-electron chi connectivity index (χ4n) is 2.00. The van der Waals surface area contributed by atoms with E-state index in [1.165, 1.54) is 5.56 Å². The normalized spacial score (nSPS) is 12.2. The number of hydrogen-bond acceptors (Lipinski definition) is 3. The molecule has 0 spiro atoms. The quantitative estimate of drug-likeness (QED) is 0.896. The van der Waals surface area contributed by atoms with Gasteiger partial charge in [-0.1, -0.05) is 23.8 Å². The molecule has 1 atom stereocenters. The lowest BCUT2D eigenvalue weighted by molar-refractivity contribution is 0.408. The van der Waals surface area contributed by atoms with Gasteiger partial charge in [0.1, 0.15) is 5.75 Å². The SMILES string of the molecule is COc1ccc(C)cc1CC(N)c1ccccn1. The van der Waals surface area contributed by atoms with E-state index in [2.05, 4.69) is 18.0 Å². The maximum Gasteiger partial charge on any atom is 0.122 e. The van der Waals surface area contributed by atoms with Crippen LogP contribution in [0.4, 0.5) is 0 Å². The highest BCUT2D eigenvalue weighted by Gasteiger charge is 2.11. The van der Waals surface area contributed by atoms with Gasteiger partial charge in [-0.15, -0.1) is 0 Å². The molecule has 2 N–H and O–H groups in total. The number of aromatic nitrogens is 1. The van der Waals surface area contributed by atoms with Gasteiger partial charge >= 0.3 is 0 Å². The molecule has 0 aliphatic heterocycles. The molecule has 0 aliphatic carbocycles. The van der Waals surface area contributed by atoms with Gasteiger partial charge in [-0.3, -0.25) is 4.98 Å². The number of nitrogens with two attached hydrogens (primary N) is 1. The molecule has 3 heteroatoms. The Hall–Kier alpha value is -1.87. The third kappa shape index (κ3) is 2.87. The number of benzene rings is 1. The van der Waals surface area contributed by atoms with Crippen molar-refractivity contribution in [2.45, 2.75) is 19.4 Å². The van der Waals surface area contributed by atoms with E-state index in [9.17, 15) is 0 Å². The summed E-state index contributed by atoms with van der Waals surface area (Å²) in [7, 11) is 1.68. The summed E-state index contributed by atoms with van der Waals surface area (Å²) in [6.45, 7) is 2.06. The van der Waals surface area contributed by atoms with Crippen LogP contribution >= 0.6 is 0 Å². The molecule has 0 bridgehead atoms. The van der Waals surface area contributed by atoms with Crippen LogP contribution in [0.15, 0.2) is 42.6 Å². The van der Waals surface area contributed by atoms with Gasteiger partial charge in [-0.2, -0.15) is 0 Å². The van der Waals surface area contributed by atoms with Gasteiger partial charge in [0.05, 0.1) is 18.8 Å². The van der Waals surface area contributed by atoms with Crippen molar-refractivity contribution in [3.63, 3.8) is 0 Å². The maximum absolute atomic E-state index is 6.18. The summed E-state index contributed by atoms with van der Waals surface area (Å²) < 4.78 is 5.36. The zero-order chi connectivity index (χ0) is 13.0. The third-order valence-corrected chi connectivity index (χ3v) is 2.94. The average molecular weight is 242 g/mol. The first-order chi connectivity index (χ1) is 8.70. The Labute approximate surface area is 108 Å². The lowest BCUT2D eigenvalue weighted by Crippen LogP contribution is -2.15. The molecular formula is C15H18N2O.